The van der Waals surface area contributed by atoms with E-state index in [2.05, 4.69) is 6.92 Å². The summed E-state index contributed by atoms with van der Waals surface area (Å²) in [4.78, 5) is 14.2. The van der Waals surface area contributed by atoms with Crippen LogP contribution in [0, 0.1) is 0 Å². The lowest BCUT2D eigenvalue weighted by atomic mass is 10.2. The average molecular weight is 249 g/mol. The molecule has 4 heteroatoms. The molecule has 1 aromatic heterocycles. The molecule has 0 atom stereocenters. The molecule has 0 spiro atoms. The van der Waals surface area contributed by atoms with E-state index in [1.54, 1.807) is 6.07 Å². The van der Waals surface area contributed by atoms with Gasteiger partial charge in [-0.25, -0.2) is 0 Å². The van der Waals surface area contributed by atoms with Crippen molar-refractivity contribution in [2.75, 3.05) is 19.3 Å². The van der Waals surface area contributed by atoms with Gasteiger partial charge in [0.1, 0.15) is 5.69 Å². The summed E-state index contributed by atoms with van der Waals surface area (Å²) in [7, 11) is 1.87. The third-order valence-electron chi connectivity index (χ3n) is 3.47. The van der Waals surface area contributed by atoms with Gasteiger partial charge in [0.05, 0.1) is 5.69 Å². The minimum absolute atomic E-state index is 0.0923. The molecular weight excluding hydrogens is 226 g/mol. The SMILES string of the molecule is CCCCCN(C)C(=O)c1cc(N)cn1C1CC1. The van der Waals surface area contributed by atoms with Gasteiger partial charge in [0.25, 0.3) is 5.91 Å². The zero-order chi connectivity index (χ0) is 13.1. The maximum absolute atomic E-state index is 12.4. The summed E-state index contributed by atoms with van der Waals surface area (Å²) in [5, 5.41) is 0. The molecular formula is C14H23N3O. The Kier molecular flexibility index (Phi) is 3.94. The predicted molar refractivity (Wildman–Crippen MR) is 73.6 cm³/mol. The third-order valence-corrected chi connectivity index (χ3v) is 3.47. The van der Waals surface area contributed by atoms with Crippen LogP contribution in [0.3, 0.4) is 0 Å². The molecule has 1 aliphatic carbocycles. The first-order valence-electron chi connectivity index (χ1n) is 6.86. The van der Waals surface area contributed by atoms with Gasteiger partial charge in [-0.1, -0.05) is 19.8 Å². The molecule has 0 bridgehead atoms. The van der Waals surface area contributed by atoms with E-state index < -0.39 is 0 Å². The molecule has 0 unspecified atom stereocenters. The number of rotatable bonds is 6. The molecule has 18 heavy (non-hydrogen) atoms. The smallest absolute Gasteiger partial charge is 0.270 e. The molecule has 2 rings (SSSR count). The highest BCUT2D eigenvalue weighted by molar-refractivity contribution is 5.93. The van der Waals surface area contributed by atoms with E-state index in [4.69, 9.17) is 5.73 Å². The lowest BCUT2D eigenvalue weighted by Gasteiger charge is -2.18. The van der Waals surface area contributed by atoms with E-state index in [9.17, 15) is 4.79 Å². The van der Waals surface area contributed by atoms with Gasteiger partial charge in [-0.05, 0) is 25.3 Å². The number of nitrogens with two attached hydrogens (primary N) is 1. The van der Waals surface area contributed by atoms with Crippen molar-refractivity contribution in [3.63, 3.8) is 0 Å². The highest BCUT2D eigenvalue weighted by Crippen LogP contribution is 2.37. The number of amides is 1. The minimum atomic E-state index is 0.0923. The fraction of sp³-hybridized carbons (Fsp3) is 0.643. The van der Waals surface area contributed by atoms with E-state index in [0.717, 1.165) is 31.5 Å². The highest BCUT2D eigenvalue weighted by Gasteiger charge is 2.28. The summed E-state index contributed by atoms with van der Waals surface area (Å²) in [6, 6.07) is 2.29. The molecule has 0 saturated heterocycles. The summed E-state index contributed by atoms with van der Waals surface area (Å²) in [6.07, 6.45) is 7.63. The van der Waals surface area contributed by atoms with E-state index in [1.807, 2.05) is 22.7 Å². The monoisotopic (exact) mass is 249 g/mol. The standard InChI is InChI=1S/C14H23N3O/c1-3-4-5-8-16(2)14(18)13-9-11(15)10-17(13)12-6-7-12/h9-10,12H,3-8,15H2,1-2H3. The van der Waals surface area contributed by atoms with Crippen molar-refractivity contribution in [3.05, 3.63) is 18.0 Å². The number of unbranched alkanes of at least 4 members (excludes halogenated alkanes) is 2. The van der Waals surface area contributed by atoms with Crippen LogP contribution in [-0.4, -0.2) is 29.0 Å². The van der Waals surface area contributed by atoms with Gasteiger partial charge in [0.15, 0.2) is 0 Å². The molecule has 1 fully saturated rings. The van der Waals surface area contributed by atoms with Crippen molar-refractivity contribution in [1.29, 1.82) is 0 Å². The number of aromatic nitrogens is 1. The van der Waals surface area contributed by atoms with Gasteiger partial charge in [-0.3, -0.25) is 4.79 Å². The minimum Gasteiger partial charge on any atom is -0.397 e. The largest absolute Gasteiger partial charge is 0.397 e. The second-order valence-corrected chi connectivity index (χ2v) is 5.23. The molecule has 1 aromatic rings. The quantitative estimate of drug-likeness (QED) is 0.788. The van der Waals surface area contributed by atoms with Crippen LogP contribution < -0.4 is 5.73 Å². The predicted octanol–water partition coefficient (Wildman–Crippen LogP) is 2.67. The van der Waals surface area contributed by atoms with Crippen molar-refractivity contribution in [2.45, 2.75) is 45.1 Å². The maximum atomic E-state index is 12.4. The van der Waals surface area contributed by atoms with Crippen LogP contribution in [0.2, 0.25) is 0 Å². The second-order valence-electron chi connectivity index (χ2n) is 5.23. The average Bonchev–Trinajstić information content (AvgIpc) is 3.12. The van der Waals surface area contributed by atoms with E-state index >= 15 is 0 Å². The molecule has 1 aliphatic rings. The number of nitrogen functional groups attached to an aromatic ring is 1. The summed E-state index contributed by atoms with van der Waals surface area (Å²) in [5.74, 6) is 0.0923. The lowest BCUT2D eigenvalue weighted by Crippen LogP contribution is -2.29. The molecule has 0 aliphatic heterocycles. The van der Waals surface area contributed by atoms with E-state index in [-0.39, 0.29) is 5.91 Å². The van der Waals surface area contributed by atoms with Crippen molar-refractivity contribution in [1.82, 2.24) is 9.47 Å². The molecule has 2 N–H and O–H groups in total. The Morgan fingerprint density at radius 3 is 2.83 bits per heavy atom. The fourth-order valence-corrected chi connectivity index (χ4v) is 2.22. The zero-order valence-electron chi connectivity index (χ0n) is 11.4. The Hall–Kier alpha value is -1.45. The number of nitrogens with zero attached hydrogens (tertiary/aromatic N) is 2. The van der Waals surface area contributed by atoms with Crippen LogP contribution in [0.25, 0.3) is 0 Å². The first kappa shape index (κ1) is 13.0. The maximum Gasteiger partial charge on any atom is 0.270 e. The lowest BCUT2D eigenvalue weighted by molar-refractivity contribution is 0.0782. The van der Waals surface area contributed by atoms with Gasteiger partial charge in [0, 0.05) is 25.8 Å². The van der Waals surface area contributed by atoms with Gasteiger partial charge in [0.2, 0.25) is 0 Å². The number of carbonyl (C=O) groups excluding carboxylic acids is 1. The van der Waals surface area contributed by atoms with Crippen molar-refractivity contribution >= 4 is 11.6 Å². The Balaban J connectivity index is 2.03. The van der Waals surface area contributed by atoms with Crippen LogP contribution in [0.15, 0.2) is 12.3 Å². The first-order chi connectivity index (χ1) is 8.63. The number of hydrogen-bond donors (Lipinski definition) is 1. The number of hydrogen-bond acceptors (Lipinski definition) is 2. The molecule has 1 amide bonds. The fourth-order valence-electron chi connectivity index (χ4n) is 2.22. The molecule has 0 radical (unpaired) electrons. The molecule has 1 heterocycles. The van der Waals surface area contributed by atoms with Crippen LogP contribution in [0.4, 0.5) is 5.69 Å². The van der Waals surface area contributed by atoms with Crippen molar-refractivity contribution in [2.24, 2.45) is 0 Å². The van der Waals surface area contributed by atoms with E-state index in [1.165, 1.54) is 12.8 Å². The number of carbonyl (C=O) groups is 1. The van der Waals surface area contributed by atoms with Gasteiger partial charge < -0.3 is 15.2 Å². The molecule has 100 valence electrons. The van der Waals surface area contributed by atoms with Crippen LogP contribution in [0.1, 0.15) is 55.6 Å². The van der Waals surface area contributed by atoms with Crippen LogP contribution in [0.5, 0.6) is 0 Å². The molecule has 0 aromatic carbocycles. The number of anilines is 1. The first-order valence-corrected chi connectivity index (χ1v) is 6.86. The topological polar surface area (TPSA) is 51.3 Å². The normalized spacial score (nSPS) is 14.8. The summed E-state index contributed by atoms with van der Waals surface area (Å²) in [5.41, 5.74) is 7.24. The Morgan fingerprint density at radius 2 is 2.22 bits per heavy atom. The highest BCUT2D eigenvalue weighted by atomic mass is 16.2. The van der Waals surface area contributed by atoms with Gasteiger partial charge in [-0.2, -0.15) is 0 Å². The zero-order valence-corrected chi connectivity index (χ0v) is 11.4. The third kappa shape index (κ3) is 2.86. The summed E-state index contributed by atoms with van der Waals surface area (Å²) >= 11 is 0. The van der Waals surface area contributed by atoms with Crippen molar-refractivity contribution < 1.29 is 4.79 Å². The Bertz CT molecular complexity index is 421. The van der Waals surface area contributed by atoms with Crippen LogP contribution >= 0.6 is 0 Å². The van der Waals surface area contributed by atoms with Crippen LogP contribution in [-0.2, 0) is 0 Å². The van der Waals surface area contributed by atoms with Gasteiger partial charge in [-0.15, -0.1) is 0 Å². The molecule has 4 nitrogen and oxygen atoms in total. The Morgan fingerprint density at radius 1 is 1.50 bits per heavy atom. The molecule has 1 saturated carbocycles. The van der Waals surface area contributed by atoms with Crippen molar-refractivity contribution in [3.8, 4) is 0 Å². The van der Waals surface area contributed by atoms with E-state index in [0.29, 0.717) is 11.7 Å². The summed E-state index contributed by atoms with van der Waals surface area (Å²) < 4.78 is 2.05. The Labute approximate surface area is 109 Å². The second kappa shape index (κ2) is 5.46. The van der Waals surface area contributed by atoms with Gasteiger partial charge >= 0.3 is 0 Å². The summed E-state index contributed by atoms with van der Waals surface area (Å²) in [6.45, 7) is 2.99.